The Bertz CT molecular complexity index is 315. The molecule has 1 aliphatic heterocycles. The van der Waals surface area contributed by atoms with Crippen molar-refractivity contribution in [1.82, 2.24) is 14.3 Å². The number of nitrogens with zero attached hydrogens (tertiary/aromatic N) is 1. The highest BCUT2D eigenvalue weighted by atomic mass is 32.2. The highest BCUT2D eigenvalue weighted by Gasteiger charge is 2.22. The highest BCUT2D eigenvalue weighted by Crippen LogP contribution is 2.10. The van der Waals surface area contributed by atoms with E-state index in [4.69, 9.17) is 10.5 Å². The predicted octanol–water partition coefficient (Wildman–Crippen LogP) is -1.52. The molecule has 0 atom stereocenters. The number of hydrogen-bond acceptors (Lipinski definition) is 5. The Labute approximate surface area is 109 Å². The van der Waals surface area contributed by atoms with Gasteiger partial charge in [-0.2, -0.15) is 17.9 Å². The first-order valence-corrected chi connectivity index (χ1v) is 7.74. The van der Waals surface area contributed by atoms with Crippen molar-refractivity contribution in [2.24, 2.45) is 5.73 Å². The van der Waals surface area contributed by atoms with Crippen LogP contribution in [0.1, 0.15) is 12.8 Å². The number of nitrogens with one attached hydrogen (secondary N) is 2. The van der Waals surface area contributed by atoms with Crippen LogP contribution >= 0.6 is 0 Å². The van der Waals surface area contributed by atoms with E-state index in [-0.39, 0.29) is 12.6 Å². The zero-order valence-electron chi connectivity index (χ0n) is 10.9. The van der Waals surface area contributed by atoms with Gasteiger partial charge < -0.3 is 15.4 Å². The zero-order chi connectivity index (χ0) is 13.4. The molecule has 1 heterocycles. The number of rotatable bonds is 8. The van der Waals surface area contributed by atoms with Crippen LogP contribution in [0, 0.1) is 0 Å². The van der Waals surface area contributed by atoms with Gasteiger partial charge in [-0.25, -0.2) is 0 Å². The lowest BCUT2D eigenvalue weighted by Gasteiger charge is -2.31. The molecule has 0 radical (unpaired) electrons. The van der Waals surface area contributed by atoms with Crippen LogP contribution in [0.4, 0.5) is 0 Å². The SMILES string of the molecule is COCCNS(=O)(=O)NC1CCN(CCN)CC1. The molecule has 1 fully saturated rings. The summed E-state index contributed by atoms with van der Waals surface area (Å²) in [7, 11) is -1.87. The lowest BCUT2D eigenvalue weighted by Crippen LogP contribution is -2.49. The minimum absolute atomic E-state index is 0.0130. The average Bonchev–Trinajstić information content (AvgIpc) is 2.32. The van der Waals surface area contributed by atoms with Crippen molar-refractivity contribution >= 4 is 10.2 Å². The summed E-state index contributed by atoms with van der Waals surface area (Å²) < 4.78 is 33.2. The van der Waals surface area contributed by atoms with Gasteiger partial charge in [-0.1, -0.05) is 0 Å². The second-order valence-electron chi connectivity index (χ2n) is 4.41. The summed E-state index contributed by atoms with van der Waals surface area (Å²) in [5.41, 5.74) is 5.49. The van der Waals surface area contributed by atoms with Crippen LogP contribution in [-0.2, 0) is 14.9 Å². The van der Waals surface area contributed by atoms with Crippen LogP contribution in [0.2, 0.25) is 0 Å². The molecular weight excluding hydrogens is 256 g/mol. The monoisotopic (exact) mass is 280 g/mol. The maximum absolute atomic E-state index is 11.7. The van der Waals surface area contributed by atoms with Crippen LogP contribution in [0.5, 0.6) is 0 Å². The van der Waals surface area contributed by atoms with E-state index < -0.39 is 10.2 Å². The van der Waals surface area contributed by atoms with Crippen LogP contribution in [0.25, 0.3) is 0 Å². The first kappa shape index (κ1) is 15.8. The summed E-state index contributed by atoms with van der Waals surface area (Å²) in [6.45, 7) is 3.97. The van der Waals surface area contributed by atoms with Crippen molar-refractivity contribution in [3.8, 4) is 0 Å². The smallest absolute Gasteiger partial charge is 0.277 e. The number of nitrogens with two attached hydrogens (primary N) is 1. The van der Waals surface area contributed by atoms with E-state index in [9.17, 15) is 8.42 Å². The average molecular weight is 280 g/mol. The Kier molecular flexibility index (Phi) is 7.05. The Morgan fingerprint density at radius 1 is 1.39 bits per heavy atom. The molecule has 7 nitrogen and oxygen atoms in total. The van der Waals surface area contributed by atoms with Crippen LogP contribution in [0.15, 0.2) is 0 Å². The lowest BCUT2D eigenvalue weighted by molar-refractivity contribution is 0.203. The Morgan fingerprint density at radius 2 is 2.06 bits per heavy atom. The van der Waals surface area contributed by atoms with Gasteiger partial charge in [-0.05, 0) is 25.9 Å². The highest BCUT2D eigenvalue weighted by molar-refractivity contribution is 7.87. The summed E-state index contributed by atoms with van der Waals surface area (Å²) >= 11 is 0. The van der Waals surface area contributed by atoms with E-state index in [1.54, 1.807) is 0 Å². The largest absolute Gasteiger partial charge is 0.383 e. The number of piperidine rings is 1. The molecule has 1 saturated heterocycles. The fourth-order valence-electron chi connectivity index (χ4n) is 2.00. The Morgan fingerprint density at radius 3 is 2.61 bits per heavy atom. The van der Waals surface area contributed by atoms with Crippen molar-refractivity contribution in [2.75, 3.05) is 46.4 Å². The van der Waals surface area contributed by atoms with Crippen LogP contribution < -0.4 is 15.2 Å². The van der Waals surface area contributed by atoms with E-state index in [0.717, 1.165) is 32.5 Å². The van der Waals surface area contributed by atoms with Crippen molar-refractivity contribution in [3.05, 3.63) is 0 Å². The van der Waals surface area contributed by atoms with E-state index in [1.807, 2.05) is 0 Å². The molecule has 0 aromatic carbocycles. The molecule has 0 aromatic heterocycles. The summed E-state index contributed by atoms with van der Waals surface area (Å²) in [5, 5.41) is 0. The van der Waals surface area contributed by atoms with Crippen molar-refractivity contribution in [3.63, 3.8) is 0 Å². The molecule has 4 N–H and O–H groups in total. The maximum atomic E-state index is 11.7. The first-order chi connectivity index (χ1) is 8.57. The van der Waals surface area contributed by atoms with Gasteiger partial charge in [0, 0.05) is 32.8 Å². The molecule has 0 amide bonds. The molecule has 18 heavy (non-hydrogen) atoms. The molecule has 0 aromatic rings. The van der Waals surface area contributed by atoms with Gasteiger partial charge in [0.05, 0.1) is 6.61 Å². The number of methoxy groups -OCH3 is 1. The second kappa shape index (κ2) is 8.03. The molecule has 0 aliphatic carbocycles. The normalized spacial score (nSPS) is 19.2. The Balaban J connectivity index is 2.27. The second-order valence-corrected chi connectivity index (χ2v) is 5.94. The zero-order valence-corrected chi connectivity index (χ0v) is 11.7. The van der Waals surface area contributed by atoms with Crippen molar-refractivity contribution in [2.45, 2.75) is 18.9 Å². The summed E-state index contributed by atoms with van der Waals surface area (Å²) in [5.74, 6) is 0. The molecule has 1 rings (SSSR count). The number of ether oxygens (including phenoxy) is 1. The fraction of sp³-hybridized carbons (Fsp3) is 1.00. The van der Waals surface area contributed by atoms with E-state index >= 15 is 0 Å². The number of hydrogen-bond donors (Lipinski definition) is 3. The quantitative estimate of drug-likeness (QED) is 0.469. The lowest BCUT2D eigenvalue weighted by atomic mass is 10.1. The standard InChI is InChI=1S/C10H24N4O3S/c1-17-9-5-12-18(15,16)13-10-2-6-14(7-3-10)8-4-11/h10,12-13H,2-9,11H2,1H3. The van der Waals surface area contributed by atoms with Crippen LogP contribution in [0.3, 0.4) is 0 Å². The van der Waals surface area contributed by atoms with Gasteiger partial charge in [-0.15, -0.1) is 0 Å². The van der Waals surface area contributed by atoms with Crippen LogP contribution in [-0.4, -0.2) is 65.8 Å². The molecular formula is C10H24N4O3S. The summed E-state index contributed by atoms with van der Waals surface area (Å²) in [6.07, 6.45) is 1.65. The molecule has 0 saturated carbocycles. The topological polar surface area (TPSA) is 96.7 Å². The molecule has 0 spiro atoms. The van der Waals surface area contributed by atoms with Gasteiger partial charge in [0.1, 0.15) is 0 Å². The first-order valence-electron chi connectivity index (χ1n) is 6.25. The molecule has 0 unspecified atom stereocenters. The minimum Gasteiger partial charge on any atom is -0.383 e. The van der Waals surface area contributed by atoms with Crippen molar-refractivity contribution < 1.29 is 13.2 Å². The Hall–Kier alpha value is -0.250. The summed E-state index contributed by atoms with van der Waals surface area (Å²) in [6, 6.07) is 0.0130. The molecule has 108 valence electrons. The minimum atomic E-state index is -3.41. The number of likely N-dealkylation sites (tertiary alicyclic amines) is 1. The molecule has 1 aliphatic rings. The van der Waals surface area contributed by atoms with E-state index in [0.29, 0.717) is 13.2 Å². The van der Waals surface area contributed by atoms with Gasteiger partial charge in [0.25, 0.3) is 10.2 Å². The third-order valence-corrected chi connectivity index (χ3v) is 4.18. The third kappa shape index (κ3) is 6.07. The maximum Gasteiger partial charge on any atom is 0.277 e. The van der Waals surface area contributed by atoms with Gasteiger partial charge in [0.15, 0.2) is 0 Å². The van der Waals surface area contributed by atoms with Gasteiger partial charge >= 0.3 is 0 Å². The van der Waals surface area contributed by atoms with Crippen molar-refractivity contribution in [1.29, 1.82) is 0 Å². The van der Waals surface area contributed by atoms with E-state index in [1.165, 1.54) is 7.11 Å². The van der Waals surface area contributed by atoms with Gasteiger partial charge in [0.2, 0.25) is 0 Å². The third-order valence-electron chi connectivity index (χ3n) is 2.95. The summed E-state index contributed by atoms with van der Waals surface area (Å²) in [4.78, 5) is 2.25. The van der Waals surface area contributed by atoms with E-state index in [2.05, 4.69) is 14.3 Å². The molecule has 0 bridgehead atoms. The fourth-order valence-corrected chi connectivity index (χ4v) is 3.11. The van der Waals surface area contributed by atoms with Gasteiger partial charge in [-0.3, -0.25) is 0 Å². The molecule has 8 heteroatoms. The predicted molar refractivity (Wildman–Crippen MR) is 70.5 cm³/mol.